The summed E-state index contributed by atoms with van der Waals surface area (Å²) in [5, 5.41) is 13.8. The molecular weight excluding hydrogens is 345 g/mol. The van der Waals surface area contributed by atoms with Crippen molar-refractivity contribution in [3.8, 4) is 5.75 Å². The van der Waals surface area contributed by atoms with Gasteiger partial charge in [-0.3, -0.25) is 0 Å². The number of benzene rings is 1. The van der Waals surface area contributed by atoms with Crippen molar-refractivity contribution in [1.29, 1.82) is 0 Å². The van der Waals surface area contributed by atoms with Gasteiger partial charge in [-0.15, -0.1) is 0 Å². The SMILES string of the molecule is Oc1c(C2CCNC2)cc(Br)c(Cl)c1Br. The summed E-state index contributed by atoms with van der Waals surface area (Å²) in [4.78, 5) is 0. The first-order chi connectivity index (χ1) is 7.11. The molecule has 82 valence electrons. The summed E-state index contributed by atoms with van der Waals surface area (Å²) in [7, 11) is 0. The van der Waals surface area contributed by atoms with Crippen LogP contribution in [0.4, 0.5) is 0 Å². The van der Waals surface area contributed by atoms with E-state index in [0.29, 0.717) is 15.4 Å². The van der Waals surface area contributed by atoms with Crippen molar-refractivity contribution in [2.75, 3.05) is 13.1 Å². The third kappa shape index (κ3) is 2.18. The van der Waals surface area contributed by atoms with E-state index in [1.165, 1.54) is 0 Å². The fraction of sp³-hybridized carbons (Fsp3) is 0.400. The van der Waals surface area contributed by atoms with Gasteiger partial charge in [0.25, 0.3) is 0 Å². The maximum atomic E-state index is 9.98. The lowest BCUT2D eigenvalue weighted by Crippen LogP contribution is -2.08. The van der Waals surface area contributed by atoms with Crippen LogP contribution in [0, 0.1) is 0 Å². The Balaban J connectivity index is 2.47. The zero-order chi connectivity index (χ0) is 11.0. The normalized spacial score (nSPS) is 20.9. The van der Waals surface area contributed by atoms with Crippen LogP contribution in [0.2, 0.25) is 5.02 Å². The first kappa shape index (κ1) is 11.7. The van der Waals surface area contributed by atoms with E-state index in [1.807, 2.05) is 6.07 Å². The molecule has 0 amide bonds. The van der Waals surface area contributed by atoms with Gasteiger partial charge in [0, 0.05) is 22.5 Å². The van der Waals surface area contributed by atoms with E-state index in [4.69, 9.17) is 11.6 Å². The highest BCUT2D eigenvalue weighted by atomic mass is 79.9. The van der Waals surface area contributed by atoms with Gasteiger partial charge in [0.15, 0.2) is 0 Å². The van der Waals surface area contributed by atoms with Crippen molar-refractivity contribution in [2.45, 2.75) is 12.3 Å². The summed E-state index contributed by atoms with van der Waals surface area (Å²) in [6, 6.07) is 1.90. The maximum absolute atomic E-state index is 9.98. The molecule has 0 aromatic heterocycles. The molecule has 15 heavy (non-hydrogen) atoms. The first-order valence-corrected chi connectivity index (χ1v) is 6.64. The van der Waals surface area contributed by atoms with Gasteiger partial charge in [-0.2, -0.15) is 0 Å². The number of phenols is 1. The molecule has 0 radical (unpaired) electrons. The maximum Gasteiger partial charge on any atom is 0.134 e. The Kier molecular flexibility index (Phi) is 3.60. The van der Waals surface area contributed by atoms with Gasteiger partial charge in [-0.05, 0) is 50.9 Å². The monoisotopic (exact) mass is 353 g/mol. The first-order valence-electron chi connectivity index (χ1n) is 4.68. The molecule has 2 N–H and O–H groups in total. The molecule has 0 saturated carbocycles. The smallest absolute Gasteiger partial charge is 0.134 e. The lowest BCUT2D eigenvalue weighted by Gasteiger charge is -2.14. The molecule has 0 aliphatic carbocycles. The van der Waals surface area contributed by atoms with Crippen LogP contribution in [-0.2, 0) is 0 Å². The highest BCUT2D eigenvalue weighted by molar-refractivity contribution is 9.11. The Bertz CT molecular complexity index is 391. The van der Waals surface area contributed by atoms with Gasteiger partial charge < -0.3 is 10.4 Å². The van der Waals surface area contributed by atoms with Crippen molar-refractivity contribution in [2.24, 2.45) is 0 Å². The van der Waals surface area contributed by atoms with Crippen molar-refractivity contribution in [3.05, 3.63) is 25.6 Å². The Labute approximate surface area is 110 Å². The predicted octanol–water partition coefficient (Wildman–Crippen LogP) is 3.65. The van der Waals surface area contributed by atoms with Gasteiger partial charge >= 0.3 is 0 Å². The number of nitrogens with one attached hydrogen (secondary N) is 1. The molecule has 1 fully saturated rings. The molecule has 1 heterocycles. The number of phenolic OH excluding ortho intramolecular Hbond substituents is 1. The second kappa shape index (κ2) is 4.62. The third-order valence-corrected chi connectivity index (χ3v) is 4.91. The minimum Gasteiger partial charge on any atom is -0.506 e. The summed E-state index contributed by atoms with van der Waals surface area (Å²) < 4.78 is 1.39. The average Bonchev–Trinajstić information content (AvgIpc) is 2.73. The number of hydrogen-bond donors (Lipinski definition) is 2. The van der Waals surface area contributed by atoms with E-state index < -0.39 is 0 Å². The van der Waals surface area contributed by atoms with E-state index in [-0.39, 0.29) is 5.75 Å². The molecule has 0 bridgehead atoms. The van der Waals surface area contributed by atoms with Crippen molar-refractivity contribution < 1.29 is 5.11 Å². The number of halogens is 3. The van der Waals surface area contributed by atoms with Crippen LogP contribution in [0.3, 0.4) is 0 Å². The van der Waals surface area contributed by atoms with Crippen molar-refractivity contribution in [3.63, 3.8) is 0 Å². The molecular formula is C10H10Br2ClNO. The lowest BCUT2D eigenvalue weighted by molar-refractivity contribution is 0.459. The van der Waals surface area contributed by atoms with Gasteiger partial charge in [0.05, 0.1) is 9.50 Å². The quantitative estimate of drug-likeness (QED) is 0.754. The van der Waals surface area contributed by atoms with Crippen LogP contribution in [0.15, 0.2) is 15.0 Å². The molecule has 0 spiro atoms. The van der Waals surface area contributed by atoms with Crippen LogP contribution in [0.5, 0.6) is 5.75 Å². The summed E-state index contributed by atoms with van der Waals surface area (Å²) >= 11 is 12.7. The fourth-order valence-corrected chi connectivity index (χ4v) is 3.13. The number of aromatic hydroxyl groups is 1. The zero-order valence-electron chi connectivity index (χ0n) is 7.86. The minimum absolute atomic E-state index is 0.261. The standard InChI is InChI=1S/C10H10Br2ClNO/c11-7-3-6(5-1-2-14-4-5)10(15)8(12)9(7)13/h3,5,14-15H,1-2,4H2. The van der Waals surface area contributed by atoms with Crippen LogP contribution >= 0.6 is 43.5 Å². The molecule has 5 heteroatoms. The second-order valence-corrected chi connectivity index (χ2v) is 5.64. The summed E-state index contributed by atoms with van der Waals surface area (Å²) in [6.07, 6.45) is 1.05. The van der Waals surface area contributed by atoms with E-state index in [9.17, 15) is 5.11 Å². The Hall–Kier alpha value is 0.230. The summed E-state index contributed by atoms with van der Waals surface area (Å²) in [6.45, 7) is 1.91. The molecule has 2 nitrogen and oxygen atoms in total. The molecule has 1 aromatic rings. The molecule has 1 aliphatic heterocycles. The van der Waals surface area contributed by atoms with Gasteiger partial charge in [0.1, 0.15) is 5.75 Å². The van der Waals surface area contributed by atoms with Crippen molar-refractivity contribution in [1.82, 2.24) is 5.32 Å². The molecule has 1 aromatic carbocycles. The van der Waals surface area contributed by atoms with E-state index in [2.05, 4.69) is 37.2 Å². The summed E-state index contributed by atoms with van der Waals surface area (Å²) in [5.74, 6) is 0.631. The molecule has 1 aliphatic rings. The van der Waals surface area contributed by atoms with Crippen LogP contribution < -0.4 is 5.32 Å². The molecule has 1 saturated heterocycles. The largest absolute Gasteiger partial charge is 0.506 e. The van der Waals surface area contributed by atoms with E-state index in [1.54, 1.807) is 0 Å². The Morgan fingerprint density at radius 1 is 1.47 bits per heavy atom. The van der Waals surface area contributed by atoms with Crippen LogP contribution in [0.1, 0.15) is 17.9 Å². The summed E-state index contributed by atoms with van der Waals surface area (Å²) in [5.41, 5.74) is 0.947. The Morgan fingerprint density at radius 2 is 2.20 bits per heavy atom. The number of hydrogen-bond acceptors (Lipinski definition) is 2. The molecule has 1 unspecified atom stereocenters. The van der Waals surface area contributed by atoms with E-state index in [0.717, 1.165) is 29.5 Å². The fourth-order valence-electron chi connectivity index (χ4n) is 1.84. The zero-order valence-corrected chi connectivity index (χ0v) is 11.8. The molecule has 1 atom stereocenters. The van der Waals surface area contributed by atoms with Gasteiger partial charge in [-0.1, -0.05) is 11.6 Å². The van der Waals surface area contributed by atoms with Crippen molar-refractivity contribution >= 4 is 43.5 Å². The highest BCUT2D eigenvalue weighted by Crippen LogP contribution is 2.43. The second-order valence-electron chi connectivity index (χ2n) is 3.61. The van der Waals surface area contributed by atoms with Crippen LogP contribution in [0.25, 0.3) is 0 Å². The number of rotatable bonds is 1. The Morgan fingerprint density at radius 3 is 2.80 bits per heavy atom. The minimum atomic E-state index is 0.261. The molecule has 2 rings (SSSR count). The predicted molar refractivity (Wildman–Crippen MR) is 68.7 cm³/mol. The average molecular weight is 355 g/mol. The van der Waals surface area contributed by atoms with Crippen LogP contribution in [-0.4, -0.2) is 18.2 Å². The van der Waals surface area contributed by atoms with Gasteiger partial charge in [0.2, 0.25) is 0 Å². The highest BCUT2D eigenvalue weighted by Gasteiger charge is 2.23. The third-order valence-electron chi connectivity index (χ3n) is 2.67. The topological polar surface area (TPSA) is 32.3 Å². The van der Waals surface area contributed by atoms with E-state index >= 15 is 0 Å². The van der Waals surface area contributed by atoms with Gasteiger partial charge in [-0.25, -0.2) is 0 Å². The lowest BCUT2D eigenvalue weighted by atomic mass is 9.97.